The predicted molar refractivity (Wildman–Crippen MR) is 176 cm³/mol. The summed E-state index contributed by atoms with van der Waals surface area (Å²) >= 11 is 0. The third kappa shape index (κ3) is 30.8. The van der Waals surface area contributed by atoms with E-state index >= 15 is 0 Å². The van der Waals surface area contributed by atoms with E-state index in [-0.39, 0.29) is 24.5 Å². The summed E-state index contributed by atoms with van der Waals surface area (Å²) in [7, 11) is 0. The molecule has 0 saturated carbocycles. The van der Waals surface area contributed by atoms with Gasteiger partial charge in [0.05, 0.1) is 0 Å². The zero-order valence-electron chi connectivity index (χ0n) is 27.4. The van der Waals surface area contributed by atoms with Gasteiger partial charge in [-0.25, -0.2) is 0 Å². The van der Waals surface area contributed by atoms with E-state index in [9.17, 15) is 14.4 Å². The zero-order valence-corrected chi connectivity index (χ0v) is 27.4. The first kappa shape index (κ1) is 39.9. The van der Waals surface area contributed by atoms with Gasteiger partial charge in [0.2, 0.25) is 5.91 Å². The minimum atomic E-state index is -1.03. The molecule has 0 heterocycles. The molecule has 0 bridgehead atoms. The van der Waals surface area contributed by atoms with Crippen LogP contribution in [0.25, 0.3) is 0 Å². The van der Waals surface area contributed by atoms with Crippen molar-refractivity contribution in [2.24, 2.45) is 0 Å². The van der Waals surface area contributed by atoms with Gasteiger partial charge >= 0.3 is 11.9 Å². The van der Waals surface area contributed by atoms with Crippen LogP contribution < -0.4 is 5.32 Å². The highest BCUT2D eigenvalue weighted by Crippen LogP contribution is 2.15. The molecule has 0 aliphatic heterocycles. The van der Waals surface area contributed by atoms with E-state index in [1.54, 1.807) is 0 Å². The fourth-order valence-electron chi connectivity index (χ4n) is 4.95. The van der Waals surface area contributed by atoms with E-state index in [1.807, 2.05) is 0 Å². The van der Waals surface area contributed by atoms with Crippen LogP contribution in [0.5, 0.6) is 0 Å². The third-order valence-corrected chi connectivity index (χ3v) is 7.58. The first-order valence-corrected chi connectivity index (χ1v) is 17.5. The Hall–Kier alpha value is -2.11. The van der Waals surface area contributed by atoms with Crippen molar-refractivity contribution in [3.63, 3.8) is 0 Å². The van der Waals surface area contributed by atoms with Gasteiger partial charge in [-0.3, -0.25) is 14.4 Å². The fourth-order valence-corrected chi connectivity index (χ4v) is 4.95. The molecule has 0 aliphatic carbocycles. The summed E-state index contributed by atoms with van der Waals surface area (Å²) in [5.74, 6) is -1.33. The second-order valence-electron chi connectivity index (χ2n) is 11.8. The molecule has 0 spiro atoms. The van der Waals surface area contributed by atoms with Crippen molar-refractivity contribution < 1.29 is 24.2 Å². The molecule has 0 aliphatic rings. The van der Waals surface area contributed by atoms with E-state index in [1.165, 1.54) is 96.3 Å². The number of carbonyl (C=O) groups is 3. The van der Waals surface area contributed by atoms with Gasteiger partial charge in [-0.15, -0.1) is 0 Å². The first-order chi connectivity index (χ1) is 20.5. The van der Waals surface area contributed by atoms with Crippen molar-refractivity contribution >= 4 is 17.8 Å². The highest BCUT2D eigenvalue weighted by molar-refractivity contribution is 5.80. The Morgan fingerprint density at radius 1 is 0.619 bits per heavy atom. The maximum atomic E-state index is 12.6. The van der Waals surface area contributed by atoms with Crippen LogP contribution in [0.1, 0.15) is 174 Å². The van der Waals surface area contributed by atoms with Crippen LogP contribution in [-0.2, 0) is 19.1 Å². The van der Waals surface area contributed by atoms with Crippen molar-refractivity contribution in [3.05, 3.63) is 24.3 Å². The maximum absolute atomic E-state index is 12.6. The lowest BCUT2D eigenvalue weighted by Crippen LogP contribution is -2.28. The van der Waals surface area contributed by atoms with Gasteiger partial charge in [0.15, 0.2) is 0 Å². The largest absolute Gasteiger partial charge is 0.480 e. The second-order valence-corrected chi connectivity index (χ2v) is 11.8. The van der Waals surface area contributed by atoms with Gasteiger partial charge < -0.3 is 15.2 Å². The lowest BCUT2D eigenvalue weighted by atomic mass is 10.1. The van der Waals surface area contributed by atoms with Gasteiger partial charge in [0.25, 0.3) is 0 Å². The van der Waals surface area contributed by atoms with Gasteiger partial charge in [0, 0.05) is 12.8 Å². The summed E-state index contributed by atoms with van der Waals surface area (Å²) in [6, 6.07) is 0. The number of amides is 1. The molecule has 0 aromatic rings. The number of rotatable bonds is 31. The van der Waals surface area contributed by atoms with E-state index in [0.717, 1.165) is 51.4 Å². The summed E-state index contributed by atoms with van der Waals surface area (Å²) in [6.45, 7) is 4.16. The zero-order chi connectivity index (χ0) is 30.9. The van der Waals surface area contributed by atoms with Crippen LogP contribution >= 0.6 is 0 Å². The molecule has 6 nitrogen and oxygen atoms in total. The van der Waals surface area contributed by atoms with Crippen LogP contribution in [0.3, 0.4) is 0 Å². The molecular weight excluding hydrogens is 526 g/mol. The molecule has 244 valence electrons. The average molecular weight is 592 g/mol. The first-order valence-electron chi connectivity index (χ1n) is 17.5. The van der Waals surface area contributed by atoms with E-state index < -0.39 is 5.97 Å². The number of carboxylic acids is 1. The number of aliphatic carboxylic acids is 1. The number of hydrogen-bond donors (Lipinski definition) is 2. The summed E-state index contributed by atoms with van der Waals surface area (Å²) < 4.78 is 5.87. The summed E-state index contributed by atoms with van der Waals surface area (Å²) in [5, 5.41) is 11.0. The monoisotopic (exact) mass is 591 g/mol. The van der Waals surface area contributed by atoms with Crippen LogP contribution in [0.15, 0.2) is 24.3 Å². The maximum Gasteiger partial charge on any atom is 0.322 e. The predicted octanol–water partition coefficient (Wildman–Crippen LogP) is 10.0. The lowest BCUT2D eigenvalue weighted by molar-refractivity contribution is -0.147. The molecule has 2 N–H and O–H groups in total. The number of unbranched alkanes of at least 4 members (excludes halogenated alkanes) is 18. The van der Waals surface area contributed by atoms with Crippen molar-refractivity contribution in [1.29, 1.82) is 0 Å². The molecule has 0 rings (SSSR count). The Bertz CT molecular complexity index is 703. The molecule has 0 aromatic carbocycles. The molecular formula is C36H65NO5. The molecule has 1 amide bonds. The minimum absolute atomic E-state index is 0.0920. The Balaban J connectivity index is 4.24. The van der Waals surface area contributed by atoms with Crippen LogP contribution in [0, 0.1) is 0 Å². The van der Waals surface area contributed by atoms with Crippen LogP contribution in [0.4, 0.5) is 0 Å². The number of carboxylic acid groups (broad SMARTS) is 1. The van der Waals surface area contributed by atoms with E-state index in [2.05, 4.69) is 43.5 Å². The second kappa shape index (κ2) is 31.8. The molecule has 0 aromatic heterocycles. The van der Waals surface area contributed by atoms with Crippen molar-refractivity contribution in [3.8, 4) is 0 Å². The molecule has 0 radical (unpaired) electrons. The van der Waals surface area contributed by atoms with E-state index in [4.69, 9.17) is 9.84 Å². The molecule has 0 saturated heterocycles. The molecule has 42 heavy (non-hydrogen) atoms. The Morgan fingerprint density at radius 3 is 1.71 bits per heavy atom. The number of nitrogens with one attached hydrogen (secondary N) is 1. The number of carbonyl (C=O) groups excluding carboxylic acids is 2. The highest BCUT2D eigenvalue weighted by Gasteiger charge is 2.12. The van der Waals surface area contributed by atoms with Gasteiger partial charge in [0.1, 0.15) is 12.6 Å². The number of ether oxygens (including phenoxy) is 1. The molecule has 1 atom stereocenters. The van der Waals surface area contributed by atoms with Crippen molar-refractivity contribution in [1.82, 2.24) is 5.32 Å². The summed E-state index contributed by atoms with van der Waals surface area (Å²) in [6.07, 6.45) is 35.9. The van der Waals surface area contributed by atoms with Crippen molar-refractivity contribution in [2.75, 3.05) is 6.54 Å². The average Bonchev–Trinajstić information content (AvgIpc) is 2.97. The SMILES string of the molecule is CCCCC/C=C\CCCCCCCC(=O)OC(/C=C\CCCCCCCCC)CCCCCCC(=O)NCC(=O)O. The number of allylic oxidation sites excluding steroid dienone is 3. The Kier molecular flexibility index (Phi) is 30.2. The number of esters is 1. The normalized spacial score (nSPS) is 12.2. The summed E-state index contributed by atoms with van der Waals surface area (Å²) in [4.78, 5) is 34.8. The number of hydrogen-bond acceptors (Lipinski definition) is 4. The Morgan fingerprint density at radius 2 is 1.10 bits per heavy atom. The van der Waals surface area contributed by atoms with Gasteiger partial charge in [-0.05, 0) is 70.3 Å². The topological polar surface area (TPSA) is 92.7 Å². The standard InChI is InChI=1S/C36H65NO5/c1-3-5-7-9-11-13-14-15-17-19-21-27-31-36(41)42-33(28-24-20-18-16-12-10-8-6-4-2)29-25-22-23-26-30-34(38)37-32-35(39)40/h11,13,24,28,33H,3-10,12,14-23,25-27,29-32H2,1-2H3,(H,37,38)(H,39,40)/b13-11-,28-24-. The Labute approximate surface area is 258 Å². The van der Waals surface area contributed by atoms with Gasteiger partial charge in [-0.1, -0.05) is 116 Å². The molecule has 6 heteroatoms. The molecule has 0 fully saturated rings. The van der Waals surface area contributed by atoms with Crippen LogP contribution in [-0.4, -0.2) is 35.6 Å². The van der Waals surface area contributed by atoms with Crippen molar-refractivity contribution in [2.45, 2.75) is 180 Å². The minimum Gasteiger partial charge on any atom is -0.480 e. The van der Waals surface area contributed by atoms with E-state index in [0.29, 0.717) is 12.8 Å². The quantitative estimate of drug-likeness (QED) is 0.0475. The fraction of sp³-hybridized carbons (Fsp3) is 0.806. The van der Waals surface area contributed by atoms with Crippen LogP contribution in [0.2, 0.25) is 0 Å². The van der Waals surface area contributed by atoms with Gasteiger partial charge in [-0.2, -0.15) is 0 Å². The smallest absolute Gasteiger partial charge is 0.322 e. The highest BCUT2D eigenvalue weighted by atomic mass is 16.5. The molecule has 1 unspecified atom stereocenters. The third-order valence-electron chi connectivity index (χ3n) is 7.58. The lowest BCUT2D eigenvalue weighted by Gasteiger charge is -2.15. The summed E-state index contributed by atoms with van der Waals surface area (Å²) in [5.41, 5.74) is 0.